The number of aryl methyl sites for hydroxylation is 1. The van der Waals surface area contributed by atoms with Gasteiger partial charge in [0.15, 0.2) is 0 Å². The summed E-state index contributed by atoms with van der Waals surface area (Å²) in [5, 5.41) is 0. The van der Waals surface area contributed by atoms with Gasteiger partial charge in [0.05, 0.1) is 6.42 Å². The predicted molar refractivity (Wildman–Crippen MR) is 72.0 cm³/mol. The minimum Gasteiger partial charge on any atom is -0.460 e. The summed E-state index contributed by atoms with van der Waals surface area (Å²) in [4.78, 5) is 11.5. The molecule has 0 atom stereocenters. The van der Waals surface area contributed by atoms with Gasteiger partial charge in [-0.25, -0.2) is 4.39 Å². The minimum atomic E-state index is -0.500. The molecule has 1 aromatic rings. The summed E-state index contributed by atoms with van der Waals surface area (Å²) >= 11 is 0. The fourth-order valence-electron chi connectivity index (χ4n) is 1.29. The molecular formula is C15H23FO2. The largest absolute Gasteiger partial charge is 0.460 e. The fourth-order valence-corrected chi connectivity index (χ4v) is 1.29. The van der Waals surface area contributed by atoms with Gasteiger partial charge in [0, 0.05) is 0 Å². The SMILES string of the molecule is CC.Cc1ccc(CC(=O)OC(C)(C)C)cc1F. The van der Waals surface area contributed by atoms with Crippen LogP contribution in [0.2, 0.25) is 0 Å². The highest BCUT2D eigenvalue weighted by molar-refractivity contribution is 5.73. The Labute approximate surface area is 109 Å². The molecule has 1 aromatic carbocycles. The van der Waals surface area contributed by atoms with E-state index in [2.05, 4.69) is 0 Å². The molecule has 0 amide bonds. The Kier molecular flexibility index (Phi) is 6.60. The van der Waals surface area contributed by atoms with Gasteiger partial charge in [-0.3, -0.25) is 4.79 Å². The first kappa shape index (κ1) is 16.6. The molecule has 0 aromatic heterocycles. The van der Waals surface area contributed by atoms with Gasteiger partial charge in [-0.1, -0.05) is 26.0 Å². The fraction of sp³-hybridized carbons (Fsp3) is 0.533. The van der Waals surface area contributed by atoms with Gasteiger partial charge < -0.3 is 4.74 Å². The molecule has 1 rings (SSSR count). The number of hydrogen-bond donors (Lipinski definition) is 0. The second kappa shape index (κ2) is 7.14. The van der Waals surface area contributed by atoms with Gasteiger partial charge in [-0.05, 0) is 44.9 Å². The summed E-state index contributed by atoms with van der Waals surface area (Å²) in [6.07, 6.45) is 0.106. The van der Waals surface area contributed by atoms with Crippen molar-refractivity contribution in [1.29, 1.82) is 0 Å². The van der Waals surface area contributed by atoms with Crippen LogP contribution >= 0.6 is 0 Å². The van der Waals surface area contributed by atoms with Gasteiger partial charge in [0.1, 0.15) is 11.4 Å². The lowest BCUT2D eigenvalue weighted by Gasteiger charge is -2.19. The molecular weight excluding hydrogens is 231 g/mol. The van der Waals surface area contributed by atoms with E-state index in [1.165, 1.54) is 6.07 Å². The van der Waals surface area contributed by atoms with Gasteiger partial charge in [0.2, 0.25) is 0 Å². The second-order valence-corrected chi connectivity index (χ2v) is 4.85. The standard InChI is InChI=1S/C13H17FO2.C2H6/c1-9-5-6-10(7-11(9)14)8-12(15)16-13(2,3)4;1-2/h5-7H,8H2,1-4H3;1-2H3. The maximum absolute atomic E-state index is 13.2. The van der Waals surface area contributed by atoms with E-state index in [1.54, 1.807) is 39.8 Å². The van der Waals surface area contributed by atoms with E-state index in [0.29, 0.717) is 11.1 Å². The predicted octanol–water partition coefficient (Wildman–Crippen LogP) is 4.04. The molecule has 0 bridgehead atoms. The van der Waals surface area contributed by atoms with Crippen molar-refractivity contribution in [2.75, 3.05) is 0 Å². The Bertz CT molecular complexity index is 392. The van der Waals surface area contributed by atoms with Crippen LogP contribution in [0.5, 0.6) is 0 Å². The van der Waals surface area contributed by atoms with Gasteiger partial charge in [-0.15, -0.1) is 0 Å². The van der Waals surface area contributed by atoms with Crippen LogP contribution in [-0.2, 0) is 16.0 Å². The van der Waals surface area contributed by atoms with Crippen LogP contribution in [0, 0.1) is 12.7 Å². The lowest BCUT2D eigenvalue weighted by molar-refractivity contribution is -0.153. The van der Waals surface area contributed by atoms with Crippen LogP contribution in [0.25, 0.3) is 0 Å². The Balaban J connectivity index is 0.00000137. The minimum absolute atomic E-state index is 0.106. The molecule has 2 nitrogen and oxygen atoms in total. The smallest absolute Gasteiger partial charge is 0.310 e. The second-order valence-electron chi connectivity index (χ2n) is 4.85. The summed E-state index contributed by atoms with van der Waals surface area (Å²) in [7, 11) is 0. The molecule has 0 aliphatic carbocycles. The molecule has 0 saturated carbocycles. The molecule has 0 aliphatic heterocycles. The average Bonchev–Trinajstić information content (AvgIpc) is 2.24. The zero-order valence-electron chi connectivity index (χ0n) is 12.1. The van der Waals surface area contributed by atoms with Crippen molar-refractivity contribution in [3.05, 3.63) is 35.1 Å². The van der Waals surface area contributed by atoms with Crippen LogP contribution in [0.3, 0.4) is 0 Å². The molecule has 0 heterocycles. The normalized spacial score (nSPS) is 10.4. The summed E-state index contributed by atoms with van der Waals surface area (Å²) in [5.41, 5.74) is 0.714. The Hall–Kier alpha value is -1.38. The van der Waals surface area contributed by atoms with Crippen molar-refractivity contribution < 1.29 is 13.9 Å². The highest BCUT2D eigenvalue weighted by Crippen LogP contribution is 2.13. The van der Waals surface area contributed by atoms with Crippen molar-refractivity contribution >= 4 is 5.97 Å². The number of ether oxygens (including phenoxy) is 1. The number of benzene rings is 1. The lowest BCUT2D eigenvalue weighted by atomic mass is 10.1. The summed E-state index contributed by atoms with van der Waals surface area (Å²) < 4.78 is 18.4. The maximum Gasteiger partial charge on any atom is 0.310 e. The van der Waals surface area contributed by atoms with E-state index in [-0.39, 0.29) is 18.2 Å². The topological polar surface area (TPSA) is 26.3 Å². The third-order valence-corrected chi connectivity index (χ3v) is 2.00. The molecule has 0 spiro atoms. The first-order chi connectivity index (χ1) is 8.28. The van der Waals surface area contributed by atoms with Crippen LogP contribution in [0.15, 0.2) is 18.2 Å². The van der Waals surface area contributed by atoms with E-state index in [1.807, 2.05) is 13.8 Å². The Morgan fingerprint density at radius 2 is 1.83 bits per heavy atom. The maximum atomic E-state index is 13.2. The highest BCUT2D eigenvalue weighted by Gasteiger charge is 2.16. The number of hydrogen-bond acceptors (Lipinski definition) is 2. The number of esters is 1. The van der Waals surface area contributed by atoms with E-state index in [9.17, 15) is 9.18 Å². The number of carbonyl (C=O) groups is 1. The van der Waals surface area contributed by atoms with Gasteiger partial charge >= 0.3 is 5.97 Å². The molecule has 0 radical (unpaired) electrons. The van der Waals surface area contributed by atoms with E-state index < -0.39 is 5.60 Å². The van der Waals surface area contributed by atoms with Crippen molar-refractivity contribution in [3.8, 4) is 0 Å². The molecule has 0 aliphatic rings. The summed E-state index contributed by atoms with van der Waals surface area (Å²) in [5.74, 6) is -0.628. The van der Waals surface area contributed by atoms with E-state index >= 15 is 0 Å². The molecule has 18 heavy (non-hydrogen) atoms. The number of rotatable bonds is 2. The monoisotopic (exact) mass is 254 g/mol. The number of carbonyl (C=O) groups excluding carboxylic acids is 1. The average molecular weight is 254 g/mol. The first-order valence-corrected chi connectivity index (χ1v) is 6.25. The van der Waals surface area contributed by atoms with E-state index in [4.69, 9.17) is 4.74 Å². The zero-order valence-corrected chi connectivity index (χ0v) is 12.1. The molecule has 0 N–H and O–H groups in total. The first-order valence-electron chi connectivity index (χ1n) is 6.25. The lowest BCUT2D eigenvalue weighted by Crippen LogP contribution is -2.24. The third-order valence-electron chi connectivity index (χ3n) is 2.00. The third kappa shape index (κ3) is 6.38. The molecule has 0 unspecified atom stereocenters. The molecule has 3 heteroatoms. The molecule has 0 fully saturated rings. The Morgan fingerprint density at radius 1 is 1.28 bits per heavy atom. The van der Waals surface area contributed by atoms with Gasteiger partial charge in [-0.2, -0.15) is 0 Å². The quantitative estimate of drug-likeness (QED) is 0.744. The van der Waals surface area contributed by atoms with Crippen LogP contribution in [0.1, 0.15) is 45.7 Å². The van der Waals surface area contributed by atoms with Crippen molar-refractivity contribution in [3.63, 3.8) is 0 Å². The van der Waals surface area contributed by atoms with Crippen LogP contribution in [-0.4, -0.2) is 11.6 Å². The highest BCUT2D eigenvalue weighted by atomic mass is 19.1. The molecule has 0 saturated heterocycles. The summed E-state index contributed by atoms with van der Waals surface area (Å²) in [6, 6.07) is 4.77. The van der Waals surface area contributed by atoms with E-state index in [0.717, 1.165) is 0 Å². The molecule has 102 valence electrons. The van der Waals surface area contributed by atoms with Gasteiger partial charge in [0.25, 0.3) is 0 Å². The van der Waals surface area contributed by atoms with Crippen molar-refractivity contribution in [2.24, 2.45) is 0 Å². The van der Waals surface area contributed by atoms with Crippen molar-refractivity contribution in [1.82, 2.24) is 0 Å². The zero-order chi connectivity index (χ0) is 14.3. The number of halogens is 1. The van der Waals surface area contributed by atoms with Crippen LogP contribution < -0.4 is 0 Å². The van der Waals surface area contributed by atoms with Crippen LogP contribution in [0.4, 0.5) is 4.39 Å². The summed E-state index contributed by atoms with van der Waals surface area (Å²) in [6.45, 7) is 11.1. The van der Waals surface area contributed by atoms with Crippen molar-refractivity contribution in [2.45, 2.75) is 53.6 Å². The Morgan fingerprint density at radius 3 is 2.28 bits per heavy atom.